The van der Waals surface area contributed by atoms with Gasteiger partial charge in [0.2, 0.25) is 5.95 Å². The first-order valence-electron chi connectivity index (χ1n) is 10.1. The van der Waals surface area contributed by atoms with Crippen LogP contribution in [-0.2, 0) is 0 Å². The van der Waals surface area contributed by atoms with Gasteiger partial charge in [0.05, 0.1) is 29.7 Å². The monoisotopic (exact) mass is 429 g/mol. The van der Waals surface area contributed by atoms with Crippen LogP contribution in [0.15, 0.2) is 35.0 Å². The number of nitrogens with one attached hydrogen (secondary N) is 3. The number of amides is 2. The van der Waals surface area contributed by atoms with Gasteiger partial charge in [0.15, 0.2) is 0 Å². The molecule has 9 heteroatoms. The lowest BCUT2D eigenvalue weighted by molar-refractivity contribution is 0.0943. The van der Waals surface area contributed by atoms with Crippen LogP contribution in [0.4, 0.5) is 20.8 Å². The molecule has 0 saturated carbocycles. The summed E-state index contributed by atoms with van der Waals surface area (Å²) in [5.41, 5.74) is 0.882. The van der Waals surface area contributed by atoms with Crippen molar-refractivity contribution in [2.75, 3.05) is 17.2 Å². The Morgan fingerprint density at radius 3 is 2.55 bits per heavy atom. The van der Waals surface area contributed by atoms with Crippen LogP contribution in [0.2, 0.25) is 0 Å². The number of furan rings is 1. The summed E-state index contributed by atoms with van der Waals surface area (Å²) in [7, 11) is 0. The van der Waals surface area contributed by atoms with Crippen molar-refractivity contribution >= 4 is 28.6 Å². The molecular formula is C22H28FN5O3. The summed E-state index contributed by atoms with van der Waals surface area (Å²) in [5, 5.41) is 19.0. The predicted octanol–water partition coefficient (Wildman–Crippen LogP) is 4.37. The van der Waals surface area contributed by atoms with Gasteiger partial charge in [-0.3, -0.25) is 0 Å². The number of hydrogen-bond acceptors (Lipinski definition) is 6. The normalized spacial score (nSPS) is 12.8. The van der Waals surface area contributed by atoms with Gasteiger partial charge in [-0.05, 0) is 44.9 Å². The predicted molar refractivity (Wildman–Crippen MR) is 117 cm³/mol. The first-order chi connectivity index (χ1) is 14.5. The van der Waals surface area contributed by atoms with Crippen molar-refractivity contribution in [1.29, 1.82) is 0 Å². The summed E-state index contributed by atoms with van der Waals surface area (Å²) in [6.45, 7) is 9.41. The van der Waals surface area contributed by atoms with Crippen molar-refractivity contribution in [3.63, 3.8) is 0 Å². The number of halogens is 1. The zero-order valence-electron chi connectivity index (χ0n) is 18.3. The van der Waals surface area contributed by atoms with Gasteiger partial charge in [-0.15, -0.1) is 0 Å². The van der Waals surface area contributed by atoms with Crippen molar-refractivity contribution < 1.29 is 18.7 Å². The molecule has 0 aliphatic heterocycles. The minimum Gasteiger partial charge on any atom is -0.459 e. The van der Waals surface area contributed by atoms with Crippen LogP contribution in [0.5, 0.6) is 0 Å². The number of aromatic nitrogens is 2. The number of fused-ring (bicyclic) bond motifs is 1. The second-order valence-electron chi connectivity index (χ2n) is 8.51. The summed E-state index contributed by atoms with van der Waals surface area (Å²) >= 11 is 0. The molecule has 0 saturated heterocycles. The minimum atomic E-state index is -0.896. The number of aliphatic hydroxyl groups is 1. The summed E-state index contributed by atoms with van der Waals surface area (Å²) < 4.78 is 19.6. The highest BCUT2D eigenvalue weighted by atomic mass is 19.1. The molecule has 2 amide bonds. The summed E-state index contributed by atoms with van der Waals surface area (Å²) in [6, 6.07) is 3.51. The minimum absolute atomic E-state index is 0.0273. The Kier molecular flexibility index (Phi) is 6.45. The third-order valence-corrected chi connectivity index (χ3v) is 4.76. The van der Waals surface area contributed by atoms with E-state index >= 15 is 0 Å². The molecule has 3 aromatic rings. The molecule has 1 atom stereocenters. The number of aryl methyl sites for hydroxylation is 1. The van der Waals surface area contributed by atoms with Gasteiger partial charge in [0, 0.05) is 17.5 Å². The largest absolute Gasteiger partial charge is 0.459 e. The summed E-state index contributed by atoms with van der Waals surface area (Å²) in [6.07, 6.45) is 2.94. The highest BCUT2D eigenvalue weighted by molar-refractivity contribution is 5.89. The Morgan fingerprint density at radius 2 is 1.94 bits per heavy atom. The SMILES string of the molecule is Cc1c(C(NC(=O)Nc2cnc(NCC(C)(C)O)nc2)C(C)C)oc2ccc(F)cc12. The molecule has 0 radical (unpaired) electrons. The third kappa shape index (κ3) is 5.69. The van der Waals surface area contributed by atoms with Crippen LogP contribution in [0.1, 0.15) is 45.1 Å². The van der Waals surface area contributed by atoms with Gasteiger partial charge in [-0.1, -0.05) is 13.8 Å². The number of carbonyl (C=O) groups is 1. The average Bonchev–Trinajstić information content (AvgIpc) is 3.00. The molecule has 0 fully saturated rings. The molecular weight excluding hydrogens is 401 g/mol. The number of nitrogens with zero attached hydrogens (tertiary/aromatic N) is 2. The Hall–Kier alpha value is -3.20. The highest BCUT2D eigenvalue weighted by Crippen LogP contribution is 2.33. The van der Waals surface area contributed by atoms with Crippen LogP contribution >= 0.6 is 0 Å². The topological polar surface area (TPSA) is 112 Å². The number of benzene rings is 1. The molecule has 31 heavy (non-hydrogen) atoms. The van der Waals surface area contributed by atoms with Gasteiger partial charge in [0.1, 0.15) is 17.2 Å². The summed E-state index contributed by atoms with van der Waals surface area (Å²) in [4.78, 5) is 20.9. The van der Waals surface area contributed by atoms with Crippen molar-refractivity contribution in [2.24, 2.45) is 5.92 Å². The van der Waals surface area contributed by atoms with E-state index in [1.54, 1.807) is 19.9 Å². The molecule has 0 bridgehead atoms. The quantitative estimate of drug-likeness (QED) is 0.444. The average molecular weight is 429 g/mol. The number of anilines is 2. The molecule has 166 valence electrons. The zero-order chi connectivity index (χ0) is 22.8. The van der Waals surface area contributed by atoms with E-state index in [4.69, 9.17) is 4.42 Å². The van der Waals surface area contributed by atoms with Crippen LogP contribution in [0.3, 0.4) is 0 Å². The highest BCUT2D eigenvalue weighted by Gasteiger charge is 2.25. The Balaban J connectivity index is 1.70. The van der Waals surface area contributed by atoms with E-state index in [1.807, 2.05) is 20.8 Å². The fraction of sp³-hybridized carbons (Fsp3) is 0.409. The van der Waals surface area contributed by atoms with Gasteiger partial charge in [0.25, 0.3) is 0 Å². The third-order valence-electron chi connectivity index (χ3n) is 4.76. The van der Waals surface area contributed by atoms with Crippen LogP contribution in [0.25, 0.3) is 11.0 Å². The number of carbonyl (C=O) groups excluding carboxylic acids is 1. The maximum absolute atomic E-state index is 13.6. The fourth-order valence-electron chi connectivity index (χ4n) is 3.13. The molecule has 3 rings (SSSR count). The van der Waals surface area contributed by atoms with Crippen molar-refractivity contribution in [1.82, 2.24) is 15.3 Å². The van der Waals surface area contributed by atoms with Gasteiger partial charge in [-0.25, -0.2) is 19.2 Å². The van der Waals surface area contributed by atoms with Crippen LogP contribution in [0, 0.1) is 18.7 Å². The molecule has 1 aromatic carbocycles. The lowest BCUT2D eigenvalue weighted by Crippen LogP contribution is -2.35. The van der Waals surface area contributed by atoms with Crippen LogP contribution in [-0.4, -0.2) is 33.3 Å². The maximum atomic E-state index is 13.6. The molecule has 2 aromatic heterocycles. The molecule has 1 unspecified atom stereocenters. The first-order valence-corrected chi connectivity index (χ1v) is 10.1. The van der Waals surface area contributed by atoms with Gasteiger partial charge < -0.3 is 25.5 Å². The maximum Gasteiger partial charge on any atom is 0.319 e. The molecule has 0 spiro atoms. The smallest absolute Gasteiger partial charge is 0.319 e. The number of hydrogen-bond donors (Lipinski definition) is 4. The lowest BCUT2D eigenvalue weighted by Gasteiger charge is -2.21. The number of rotatable bonds is 7. The van der Waals surface area contributed by atoms with E-state index < -0.39 is 17.7 Å². The Labute approximate surface area is 180 Å². The van der Waals surface area contributed by atoms with E-state index in [9.17, 15) is 14.3 Å². The fourth-order valence-corrected chi connectivity index (χ4v) is 3.13. The number of urea groups is 1. The van der Waals surface area contributed by atoms with Crippen molar-refractivity contribution in [3.05, 3.63) is 47.7 Å². The van der Waals surface area contributed by atoms with E-state index in [1.165, 1.54) is 24.5 Å². The van der Waals surface area contributed by atoms with E-state index in [0.29, 0.717) is 28.4 Å². The van der Waals surface area contributed by atoms with Crippen molar-refractivity contribution in [2.45, 2.75) is 46.3 Å². The van der Waals surface area contributed by atoms with Gasteiger partial charge in [-0.2, -0.15) is 0 Å². The molecule has 2 heterocycles. The molecule has 4 N–H and O–H groups in total. The zero-order valence-corrected chi connectivity index (χ0v) is 18.3. The van der Waals surface area contributed by atoms with Gasteiger partial charge >= 0.3 is 6.03 Å². The van der Waals surface area contributed by atoms with E-state index in [-0.39, 0.29) is 18.3 Å². The van der Waals surface area contributed by atoms with Crippen molar-refractivity contribution in [3.8, 4) is 0 Å². The first kappa shape index (κ1) is 22.5. The Morgan fingerprint density at radius 1 is 1.26 bits per heavy atom. The van der Waals surface area contributed by atoms with E-state index in [2.05, 4.69) is 25.9 Å². The standard InChI is InChI=1S/C22H28FN5O3/c1-12(2)18(19-13(3)16-8-14(23)6-7-17(16)31-19)28-21(29)27-15-9-24-20(25-10-15)26-11-22(4,5)30/h6-10,12,18,30H,11H2,1-5H3,(H,24,25,26)(H2,27,28,29). The molecule has 8 nitrogen and oxygen atoms in total. The molecule has 0 aliphatic carbocycles. The Bertz CT molecular complexity index is 1060. The lowest BCUT2D eigenvalue weighted by atomic mass is 9.98. The van der Waals surface area contributed by atoms with Crippen LogP contribution < -0.4 is 16.0 Å². The van der Waals surface area contributed by atoms with E-state index in [0.717, 1.165) is 5.56 Å². The second-order valence-corrected chi connectivity index (χ2v) is 8.51. The molecule has 0 aliphatic rings. The second kappa shape index (κ2) is 8.89. The summed E-state index contributed by atoms with van der Waals surface area (Å²) in [5.74, 6) is 0.626.